The van der Waals surface area contributed by atoms with E-state index >= 15 is 0 Å². The third-order valence-electron chi connectivity index (χ3n) is 6.21. The molecule has 2 aliphatic heterocycles. The lowest BCUT2D eigenvalue weighted by Crippen LogP contribution is -2.49. The van der Waals surface area contributed by atoms with Gasteiger partial charge in [0, 0.05) is 44.1 Å². The largest absolute Gasteiger partial charge is 0.367 e. The topological polar surface area (TPSA) is 73.8 Å². The van der Waals surface area contributed by atoms with Crippen molar-refractivity contribution in [3.63, 3.8) is 0 Å². The molecule has 0 bridgehead atoms. The summed E-state index contributed by atoms with van der Waals surface area (Å²) in [6.45, 7) is 4.46. The second-order valence-electron chi connectivity index (χ2n) is 8.41. The molecule has 33 heavy (non-hydrogen) atoms. The summed E-state index contributed by atoms with van der Waals surface area (Å²) >= 11 is 0. The summed E-state index contributed by atoms with van der Waals surface area (Å²) in [5.41, 5.74) is 4.18. The number of nitrogens with zero attached hydrogens (tertiary/aromatic N) is 4. The minimum absolute atomic E-state index is 0.0190. The molecule has 0 spiro atoms. The van der Waals surface area contributed by atoms with Crippen molar-refractivity contribution in [2.24, 2.45) is 0 Å². The normalized spacial score (nSPS) is 15.7. The number of hydrogen-bond acceptors (Lipinski definition) is 5. The number of rotatable bonds is 4. The lowest BCUT2D eigenvalue weighted by molar-refractivity contribution is 0.0640. The van der Waals surface area contributed by atoms with Gasteiger partial charge in [-0.3, -0.25) is 24.3 Å². The summed E-state index contributed by atoms with van der Waals surface area (Å²) in [6.07, 6.45) is 3.32. The van der Waals surface area contributed by atoms with Crippen LogP contribution < -0.4 is 4.90 Å². The highest BCUT2D eigenvalue weighted by atomic mass is 16.2. The summed E-state index contributed by atoms with van der Waals surface area (Å²) in [6, 6.07) is 16.7. The van der Waals surface area contributed by atoms with E-state index in [1.807, 2.05) is 54.3 Å². The van der Waals surface area contributed by atoms with Crippen LogP contribution in [-0.4, -0.2) is 58.7 Å². The van der Waals surface area contributed by atoms with Gasteiger partial charge in [-0.25, -0.2) is 0 Å². The number of aryl methyl sites for hydroxylation is 1. The molecule has 0 aliphatic carbocycles. The Balaban J connectivity index is 1.33. The minimum atomic E-state index is -0.285. The van der Waals surface area contributed by atoms with Crippen LogP contribution in [0.5, 0.6) is 0 Å². The van der Waals surface area contributed by atoms with E-state index in [2.05, 4.69) is 9.88 Å². The zero-order valence-electron chi connectivity index (χ0n) is 18.4. The molecule has 5 rings (SSSR count). The molecule has 1 aromatic heterocycles. The predicted octanol–water partition coefficient (Wildman–Crippen LogP) is 3.15. The van der Waals surface area contributed by atoms with E-state index in [1.54, 1.807) is 24.5 Å². The maximum Gasteiger partial charge on any atom is 0.263 e. The molecule has 1 fully saturated rings. The molecule has 2 aromatic carbocycles. The zero-order valence-corrected chi connectivity index (χ0v) is 18.4. The number of aromatic nitrogens is 1. The van der Waals surface area contributed by atoms with E-state index in [0.29, 0.717) is 42.9 Å². The monoisotopic (exact) mass is 440 g/mol. The molecule has 0 radical (unpaired) electrons. The average Bonchev–Trinajstić information content (AvgIpc) is 3.09. The lowest BCUT2D eigenvalue weighted by atomic mass is 10.1. The Morgan fingerprint density at radius 1 is 0.939 bits per heavy atom. The van der Waals surface area contributed by atoms with Crippen LogP contribution in [0.3, 0.4) is 0 Å². The average molecular weight is 441 g/mol. The summed E-state index contributed by atoms with van der Waals surface area (Å²) in [7, 11) is 0. The Bertz CT molecular complexity index is 1230. The molecule has 0 saturated carbocycles. The predicted molar refractivity (Wildman–Crippen MR) is 124 cm³/mol. The summed E-state index contributed by atoms with van der Waals surface area (Å²) in [5.74, 6) is -0.549. The Hall–Kier alpha value is -4.00. The van der Waals surface area contributed by atoms with E-state index in [9.17, 15) is 14.4 Å². The number of hydrogen-bond donors (Lipinski definition) is 0. The number of pyridine rings is 1. The first-order valence-electron chi connectivity index (χ1n) is 11.0. The van der Waals surface area contributed by atoms with Gasteiger partial charge < -0.3 is 9.80 Å². The second kappa shape index (κ2) is 8.50. The third-order valence-corrected chi connectivity index (χ3v) is 6.21. The fraction of sp³-hybridized carbons (Fsp3) is 0.231. The van der Waals surface area contributed by atoms with Crippen molar-refractivity contribution in [1.82, 2.24) is 14.8 Å². The molecular weight excluding hydrogens is 416 g/mol. The number of fused-ring (bicyclic) bond motifs is 1. The Labute approximate surface area is 192 Å². The molecule has 1 saturated heterocycles. The molecule has 166 valence electrons. The lowest BCUT2D eigenvalue weighted by Gasteiger charge is -2.36. The van der Waals surface area contributed by atoms with Gasteiger partial charge in [0.15, 0.2) is 0 Å². The molecule has 3 amide bonds. The summed E-state index contributed by atoms with van der Waals surface area (Å²) in [4.78, 5) is 48.4. The van der Waals surface area contributed by atoms with Crippen molar-refractivity contribution in [2.75, 3.05) is 31.1 Å². The smallest absolute Gasteiger partial charge is 0.263 e. The molecular formula is C26H24N4O3. The molecule has 0 atom stereocenters. The fourth-order valence-electron chi connectivity index (χ4n) is 4.51. The van der Waals surface area contributed by atoms with Crippen LogP contribution in [-0.2, 0) is 6.54 Å². The highest BCUT2D eigenvalue weighted by molar-refractivity contribution is 6.23. The van der Waals surface area contributed by atoms with Crippen LogP contribution in [0.15, 0.2) is 67.0 Å². The zero-order chi connectivity index (χ0) is 22.9. The first-order valence-corrected chi connectivity index (χ1v) is 11.0. The van der Waals surface area contributed by atoms with Gasteiger partial charge in [-0.2, -0.15) is 0 Å². The number of carbonyl (C=O) groups excluding carboxylic acids is 3. The Morgan fingerprint density at radius 3 is 2.45 bits per heavy atom. The quantitative estimate of drug-likeness (QED) is 0.583. The van der Waals surface area contributed by atoms with Crippen molar-refractivity contribution in [1.29, 1.82) is 0 Å². The molecule has 0 N–H and O–H groups in total. The van der Waals surface area contributed by atoms with Gasteiger partial charge >= 0.3 is 0 Å². The Kier molecular flexibility index (Phi) is 5.38. The number of imide groups is 1. The van der Waals surface area contributed by atoms with Gasteiger partial charge in [0.1, 0.15) is 0 Å². The van der Waals surface area contributed by atoms with Crippen molar-refractivity contribution >= 4 is 23.4 Å². The molecule has 3 heterocycles. The van der Waals surface area contributed by atoms with E-state index in [-0.39, 0.29) is 24.3 Å². The van der Waals surface area contributed by atoms with Crippen molar-refractivity contribution < 1.29 is 14.4 Å². The van der Waals surface area contributed by atoms with Crippen molar-refractivity contribution in [3.05, 3.63) is 94.8 Å². The first-order chi connectivity index (χ1) is 16.0. The fourth-order valence-corrected chi connectivity index (χ4v) is 4.51. The van der Waals surface area contributed by atoms with Gasteiger partial charge in [-0.1, -0.05) is 29.8 Å². The van der Waals surface area contributed by atoms with E-state index in [4.69, 9.17) is 0 Å². The van der Waals surface area contributed by atoms with Crippen molar-refractivity contribution in [3.8, 4) is 0 Å². The van der Waals surface area contributed by atoms with Crippen LogP contribution in [0.2, 0.25) is 0 Å². The van der Waals surface area contributed by atoms with Crippen LogP contribution >= 0.6 is 0 Å². The number of carbonyl (C=O) groups is 3. The Morgan fingerprint density at radius 2 is 1.73 bits per heavy atom. The van der Waals surface area contributed by atoms with Gasteiger partial charge in [0.25, 0.3) is 17.7 Å². The highest BCUT2D eigenvalue weighted by Crippen LogP contribution is 2.33. The summed E-state index contributed by atoms with van der Waals surface area (Å²) < 4.78 is 0. The SMILES string of the molecule is Cc1cccc(C(=O)N2CCN(c3cccc4c3C(=O)N(Cc3cccnc3)C4=O)CC2)c1. The molecule has 2 aliphatic rings. The van der Waals surface area contributed by atoms with Gasteiger partial charge in [0.05, 0.1) is 23.4 Å². The van der Waals surface area contributed by atoms with Gasteiger partial charge in [0.2, 0.25) is 0 Å². The van der Waals surface area contributed by atoms with Crippen LogP contribution in [0.1, 0.15) is 42.2 Å². The number of amides is 3. The van der Waals surface area contributed by atoms with Gasteiger partial charge in [-0.15, -0.1) is 0 Å². The number of anilines is 1. The van der Waals surface area contributed by atoms with E-state index in [0.717, 1.165) is 16.8 Å². The van der Waals surface area contributed by atoms with Crippen LogP contribution in [0.25, 0.3) is 0 Å². The maximum atomic E-state index is 13.3. The van der Waals surface area contributed by atoms with E-state index in [1.165, 1.54) is 4.90 Å². The molecule has 3 aromatic rings. The second-order valence-corrected chi connectivity index (χ2v) is 8.41. The highest BCUT2D eigenvalue weighted by Gasteiger charge is 2.39. The first kappa shape index (κ1) is 20.9. The van der Waals surface area contributed by atoms with Crippen molar-refractivity contribution in [2.45, 2.75) is 13.5 Å². The molecule has 0 unspecified atom stereocenters. The van der Waals surface area contributed by atoms with Crippen LogP contribution in [0, 0.1) is 6.92 Å². The standard InChI is InChI=1S/C26H24N4O3/c1-18-5-2-7-20(15-18)24(31)29-13-11-28(12-14-29)22-9-3-8-21-23(22)26(33)30(25(21)32)17-19-6-4-10-27-16-19/h2-10,15-16H,11-14,17H2,1H3. The third kappa shape index (κ3) is 3.86. The van der Waals surface area contributed by atoms with E-state index < -0.39 is 0 Å². The molecule has 7 nitrogen and oxygen atoms in total. The maximum absolute atomic E-state index is 13.3. The number of benzene rings is 2. The van der Waals surface area contributed by atoms with Crippen LogP contribution in [0.4, 0.5) is 5.69 Å². The van der Waals surface area contributed by atoms with Gasteiger partial charge in [-0.05, 0) is 42.8 Å². The summed E-state index contributed by atoms with van der Waals surface area (Å²) in [5, 5.41) is 0. The number of piperazine rings is 1. The molecule has 7 heteroatoms. The minimum Gasteiger partial charge on any atom is -0.367 e.